The number of anilines is 1. The van der Waals surface area contributed by atoms with Crippen molar-refractivity contribution in [2.45, 2.75) is 31.9 Å². The Bertz CT molecular complexity index is 616. The number of nitrogens with one attached hydrogen (secondary N) is 2. The summed E-state index contributed by atoms with van der Waals surface area (Å²) in [6, 6.07) is 5.74. The molecule has 0 unspecified atom stereocenters. The van der Waals surface area contributed by atoms with Crippen molar-refractivity contribution in [3.05, 3.63) is 33.1 Å². The van der Waals surface area contributed by atoms with Gasteiger partial charge in [0.1, 0.15) is 0 Å². The zero-order chi connectivity index (χ0) is 15.5. The fourth-order valence-corrected chi connectivity index (χ4v) is 3.65. The van der Waals surface area contributed by atoms with Crippen molar-refractivity contribution < 1.29 is 4.79 Å². The molecule has 2 rings (SSSR count). The van der Waals surface area contributed by atoms with Crippen LogP contribution in [0.2, 0.25) is 4.34 Å². The molecule has 2 aromatic heterocycles. The normalized spacial score (nSPS) is 11.6. The van der Waals surface area contributed by atoms with Gasteiger partial charge < -0.3 is 5.32 Å². The Hall–Kier alpha value is -0.980. The van der Waals surface area contributed by atoms with Crippen molar-refractivity contribution in [3.8, 4) is 0 Å². The van der Waals surface area contributed by atoms with Gasteiger partial charge in [0.2, 0.25) is 5.91 Å². The number of amides is 1. The molecule has 2 N–H and O–H groups in total. The largest absolute Gasteiger partial charge is 0.308 e. The maximum atomic E-state index is 11.9. The van der Waals surface area contributed by atoms with E-state index in [0.29, 0.717) is 11.6 Å². The molecule has 21 heavy (non-hydrogen) atoms. The lowest BCUT2D eigenvalue weighted by Crippen LogP contribution is -2.14. The molecule has 2 heterocycles. The second-order valence-electron chi connectivity index (χ2n) is 5.66. The Balaban J connectivity index is 1.78. The van der Waals surface area contributed by atoms with Gasteiger partial charge in [-0.2, -0.15) is 5.10 Å². The maximum absolute atomic E-state index is 11.9. The summed E-state index contributed by atoms with van der Waals surface area (Å²) in [4.78, 5) is 13.0. The van der Waals surface area contributed by atoms with Crippen LogP contribution in [0.1, 0.15) is 31.3 Å². The van der Waals surface area contributed by atoms with E-state index in [1.807, 2.05) is 18.2 Å². The Morgan fingerprint density at radius 3 is 2.81 bits per heavy atom. The van der Waals surface area contributed by atoms with Crippen LogP contribution in [-0.2, 0) is 16.0 Å². The molecule has 0 aliphatic carbocycles. The molecule has 0 bridgehead atoms. The van der Waals surface area contributed by atoms with E-state index in [0.717, 1.165) is 15.8 Å². The number of halogens is 1. The Morgan fingerprint density at radius 1 is 1.48 bits per heavy atom. The topological polar surface area (TPSA) is 57.8 Å². The molecule has 1 amide bonds. The summed E-state index contributed by atoms with van der Waals surface area (Å²) in [5.74, 6) is 1.71. The highest BCUT2D eigenvalue weighted by Crippen LogP contribution is 2.25. The molecule has 0 aliphatic rings. The molecule has 0 saturated carbocycles. The second-order valence-corrected chi connectivity index (χ2v) is 8.45. The minimum Gasteiger partial charge on any atom is -0.308 e. The van der Waals surface area contributed by atoms with Gasteiger partial charge in [0, 0.05) is 27.8 Å². The van der Waals surface area contributed by atoms with Crippen LogP contribution in [-0.4, -0.2) is 21.9 Å². The van der Waals surface area contributed by atoms with Crippen molar-refractivity contribution in [1.82, 2.24) is 10.2 Å². The molecule has 7 heteroatoms. The molecule has 0 spiro atoms. The third-order valence-corrected chi connectivity index (χ3v) is 5.16. The van der Waals surface area contributed by atoms with E-state index in [2.05, 4.69) is 36.3 Å². The summed E-state index contributed by atoms with van der Waals surface area (Å²) in [6.07, 6.45) is 0. The fraction of sp³-hybridized carbons (Fsp3) is 0.429. The standard InChI is InChI=1S/C14H18ClN3OS2/c1-14(2,3)10-6-12(18-17-10)16-13(19)8-20-7-9-4-5-11(15)21-9/h4-6H,7-8H2,1-3H3,(H2,16,17,18,19). The Kier molecular flexibility index (Phi) is 5.35. The monoisotopic (exact) mass is 343 g/mol. The first kappa shape index (κ1) is 16.4. The zero-order valence-corrected chi connectivity index (χ0v) is 14.6. The van der Waals surface area contributed by atoms with Gasteiger partial charge >= 0.3 is 0 Å². The number of aromatic nitrogens is 2. The summed E-state index contributed by atoms with van der Waals surface area (Å²) in [7, 11) is 0. The smallest absolute Gasteiger partial charge is 0.235 e. The highest BCUT2D eigenvalue weighted by atomic mass is 35.5. The van der Waals surface area contributed by atoms with Crippen LogP contribution in [0.25, 0.3) is 0 Å². The average Bonchev–Trinajstić information content (AvgIpc) is 2.98. The summed E-state index contributed by atoms with van der Waals surface area (Å²) < 4.78 is 0.779. The zero-order valence-electron chi connectivity index (χ0n) is 12.2. The van der Waals surface area contributed by atoms with E-state index >= 15 is 0 Å². The van der Waals surface area contributed by atoms with Gasteiger partial charge in [-0.05, 0) is 12.1 Å². The van der Waals surface area contributed by atoms with Gasteiger partial charge in [0.25, 0.3) is 0 Å². The number of rotatable bonds is 5. The summed E-state index contributed by atoms with van der Waals surface area (Å²) in [5.41, 5.74) is 0.988. The third-order valence-electron chi connectivity index (χ3n) is 2.76. The number of carbonyl (C=O) groups is 1. The highest BCUT2D eigenvalue weighted by Gasteiger charge is 2.17. The predicted octanol–water partition coefficient (Wildman–Crippen LogP) is 4.29. The molecule has 4 nitrogen and oxygen atoms in total. The number of hydrogen-bond donors (Lipinski definition) is 2. The molecule has 114 valence electrons. The van der Waals surface area contributed by atoms with Crippen molar-refractivity contribution in [3.63, 3.8) is 0 Å². The van der Waals surface area contributed by atoms with Gasteiger partial charge in [0.05, 0.1) is 10.1 Å². The lowest BCUT2D eigenvalue weighted by molar-refractivity contribution is -0.113. The minimum absolute atomic E-state index is 0.0107. The van der Waals surface area contributed by atoms with Crippen LogP contribution in [0, 0.1) is 0 Å². The molecule has 0 atom stereocenters. The van der Waals surface area contributed by atoms with Crippen LogP contribution in [0.3, 0.4) is 0 Å². The van der Waals surface area contributed by atoms with E-state index in [1.54, 1.807) is 23.1 Å². The van der Waals surface area contributed by atoms with E-state index < -0.39 is 0 Å². The van der Waals surface area contributed by atoms with E-state index in [-0.39, 0.29) is 11.3 Å². The Labute approximate surface area is 137 Å². The number of aromatic amines is 1. The van der Waals surface area contributed by atoms with E-state index in [9.17, 15) is 4.79 Å². The van der Waals surface area contributed by atoms with Crippen LogP contribution in [0.5, 0.6) is 0 Å². The number of nitrogens with zero attached hydrogens (tertiary/aromatic N) is 1. The number of thiophene rings is 1. The van der Waals surface area contributed by atoms with Crippen molar-refractivity contribution in [1.29, 1.82) is 0 Å². The molecule has 0 aliphatic heterocycles. The fourth-order valence-electron chi connectivity index (χ4n) is 1.62. The van der Waals surface area contributed by atoms with E-state index in [1.165, 1.54) is 4.88 Å². The molecule has 2 aromatic rings. The number of hydrogen-bond acceptors (Lipinski definition) is 4. The van der Waals surface area contributed by atoms with Crippen molar-refractivity contribution in [2.75, 3.05) is 11.1 Å². The molecular formula is C14H18ClN3OS2. The summed E-state index contributed by atoms with van der Waals surface area (Å²) in [6.45, 7) is 6.27. The molecule has 0 saturated heterocycles. The van der Waals surface area contributed by atoms with Crippen LogP contribution < -0.4 is 5.32 Å². The van der Waals surface area contributed by atoms with Crippen LogP contribution in [0.15, 0.2) is 18.2 Å². The molecular weight excluding hydrogens is 326 g/mol. The summed E-state index contributed by atoms with van der Waals surface area (Å²) in [5, 5.41) is 9.86. The minimum atomic E-state index is -0.0467. The van der Waals surface area contributed by atoms with Crippen molar-refractivity contribution >= 4 is 46.4 Å². The number of carbonyl (C=O) groups excluding carboxylic acids is 1. The molecule has 0 aromatic carbocycles. The van der Waals surface area contributed by atoms with E-state index in [4.69, 9.17) is 11.6 Å². The van der Waals surface area contributed by atoms with Crippen LogP contribution in [0.4, 0.5) is 5.82 Å². The summed E-state index contributed by atoms with van der Waals surface area (Å²) >= 11 is 8.97. The predicted molar refractivity (Wildman–Crippen MR) is 91.4 cm³/mol. The van der Waals surface area contributed by atoms with Crippen LogP contribution >= 0.6 is 34.7 Å². The van der Waals surface area contributed by atoms with Gasteiger partial charge in [-0.15, -0.1) is 23.1 Å². The first-order chi connectivity index (χ1) is 9.84. The Morgan fingerprint density at radius 2 is 2.24 bits per heavy atom. The SMILES string of the molecule is CC(C)(C)c1cc(NC(=O)CSCc2ccc(Cl)s2)n[nH]1. The third kappa shape index (κ3) is 5.05. The number of thioether (sulfide) groups is 1. The first-order valence-corrected chi connectivity index (χ1v) is 8.87. The number of H-pyrrole nitrogens is 1. The van der Waals surface area contributed by atoms with Gasteiger partial charge in [-0.3, -0.25) is 9.89 Å². The highest BCUT2D eigenvalue weighted by molar-refractivity contribution is 7.99. The van der Waals surface area contributed by atoms with Gasteiger partial charge in [0.15, 0.2) is 5.82 Å². The van der Waals surface area contributed by atoms with Gasteiger partial charge in [-0.25, -0.2) is 0 Å². The molecule has 0 radical (unpaired) electrons. The van der Waals surface area contributed by atoms with Gasteiger partial charge in [-0.1, -0.05) is 32.4 Å². The second kappa shape index (κ2) is 6.85. The quantitative estimate of drug-likeness (QED) is 0.851. The van der Waals surface area contributed by atoms with Crippen molar-refractivity contribution in [2.24, 2.45) is 0 Å². The maximum Gasteiger partial charge on any atom is 0.235 e. The first-order valence-electron chi connectivity index (χ1n) is 6.52. The average molecular weight is 344 g/mol. The lowest BCUT2D eigenvalue weighted by atomic mass is 9.92. The molecule has 0 fully saturated rings. The lowest BCUT2D eigenvalue weighted by Gasteiger charge is -2.14.